The summed E-state index contributed by atoms with van der Waals surface area (Å²) in [6, 6.07) is 11.3. The largest absolute Gasteiger partial charge is 0.480 e. The summed E-state index contributed by atoms with van der Waals surface area (Å²) in [5.41, 5.74) is 3.20. The number of carboxylic acids is 1. The van der Waals surface area contributed by atoms with Gasteiger partial charge < -0.3 is 10.4 Å². The standard InChI is InChI=1S/C15H16N2O2/c1-16-14(15(18)19)10-11-2-4-12(5-3-11)13-6-8-17-9-7-13/h2-9,14,16H,10H2,1H3,(H,18,19)/t14-/m0/s1. The lowest BCUT2D eigenvalue weighted by Gasteiger charge is -2.11. The molecular weight excluding hydrogens is 240 g/mol. The number of rotatable bonds is 5. The number of pyridine rings is 1. The van der Waals surface area contributed by atoms with Gasteiger partial charge in [0.25, 0.3) is 0 Å². The number of nitrogens with one attached hydrogen (secondary N) is 1. The molecule has 2 rings (SSSR count). The molecule has 0 fully saturated rings. The number of carbonyl (C=O) groups is 1. The molecule has 0 aliphatic carbocycles. The van der Waals surface area contributed by atoms with Crippen LogP contribution in [-0.4, -0.2) is 29.1 Å². The van der Waals surface area contributed by atoms with Gasteiger partial charge in [-0.1, -0.05) is 24.3 Å². The molecule has 98 valence electrons. The van der Waals surface area contributed by atoms with Crippen molar-refractivity contribution in [3.63, 3.8) is 0 Å². The summed E-state index contributed by atoms with van der Waals surface area (Å²) in [6.45, 7) is 0. The molecule has 2 N–H and O–H groups in total. The van der Waals surface area contributed by atoms with Crippen molar-refractivity contribution in [2.75, 3.05) is 7.05 Å². The van der Waals surface area contributed by atoms with Gasteiger partial charge in [-0.2, -0.15) is 0 Å². The zero-order valence-electron chi connectivity index (χ0n) is 10.7. The average molecular weight is 256 g/mol. The Morgan fingerprint density at radius 2 is 1.74 bits per heavy atom. The Hall–Kier alpha value is -2.20. The molecule has 0 saturated heterocycles. The van der Waals surface area contributed by atoms with E-state index < -0.39 is 12.0 Å². The van der Waals surface area contributed by atoms with E-state index in [1.807, 2.05) is 36.4 Å². The SMILES string of the molecule is CN[C@@H](Cc1ccc(-c2ccncc2)cc1)C(=O)O. The van der Waals surface area contributed by atoms with Crippen LogP contribution in [0, 0.1) is 0 Å². The molecule has 0 unspecified atom stereocenters. The fourth-order valence-corrected chi connectivity index (χ4v) is 1.93. The molecule has 4 nitrogen and oxygen atoms in total. The van der Waals surface area contributed by atoms with Crippen molar-refractivity contribution in [3.05, 3.63) is 54.4 Å². The smallest absolute Gasteiger partial charge is 0.321 e. The molecule has 1 aromatic heterocycles. The highest BCUT2D eigenvalue weighted by Crippen LogP contribution is 2.19. The van der Waals surface area contributed by atoms with E-state index in [2.05, 4.69) is 10.3 Å². The van der Waals surface area contributed by atoms with Crippen LogP contribution in [0.2, 0.25) is 0 Å². The third-order valence-electron chi connectivity index (χ3n) is 3.05. The van der Waals surface area contributed by atoms with E-state index in [0.29, 0.717) is 6.42 Å². The normalized spacial score (nSPS) is 12.1. The summed E-state index contributed by atoms with van der Waals surface area (Å²) in [5, 5.41) is 11.8. The van der Waals surface area contributed by atoms with E-state index in [1.165, 1.54) is 0 Å². The number of aliphatic carboxylic acids is 1. The van der Waals surface area contributed by atoms with Crippen molar-refractivity contribution in [2.45, 2.75) is 12.5 Å². The predicted octanol–water partition coefficient (Wildman–Crippen LogP) is 1.96. The maximum Gasteiger partial charge on any atom is 0.321 e. The second-order valence-corrected chi connectivity index (χ2v) is 4.32. The molecule has 0 radical (unpaired) electrons. The van der Waals surface area contributed by atoms with Gasteiger partial charge in [-0.3, -0.25) is 9.78 Å². The van der Waals surface area contributed by atoms with Crippen LogP contribution in [0.15, 0.2) is 48.8 Å². The fourth-order valence-electron chi connectivity index (χ4n) is 1.93. The highest BCUT2D eigenvalue weighted by Gasteiger charge is 2.14. The predicted molar refractivity (Wildman–Crippen MR) is 73.9 cm³/mol. The van der Waals surface area contributed by atoms with Gasteiger partial charge in [-0.15, -0.1) is 0 Å². The van der Waals surface area contributed by atoms with Crippen LogP contribution in [0.1, 0.15) is 5.56 Å². The van der Waals surface area contributed by atoms with Crippen molar-refractivity contribution in [2.24, 2.45) is 0 Å². The summed E-state index contributed by atoms with van der Waals surface area (Å²) in [6.07, 6.45) is 3.98. The molecule has 0 amide bonds. The Labute approximate surface area is 112 Å². The van der Waals surface area contributed by atoms with Crippen molar-refractivity contribution in [1.82, 2.24) is 10.3 Å². The van der Waals surface area contributed by atoms with Crippen molar-refractivity contribution in [1.29, 1.82) is 0 Å². The molecule has 1 aromatic carbocycles. The first-order valence-electron chi connectivity index (χ1n) is 6.10. The zero-order chi connectivity index (χ0) is 13.7. The second-order valence-electron chi connectivity index (χ2n) is 4.32. The number of benzene rings is 1. The van der Waals surface area contributed by atoms with Gasteiger partial charge in [-0.05, 0) is 42.3 Å². The summed E-state index contributed by atoms with van der Waals surface area (Å²) >= 11 is 0. The van der Waals surface area contributed by atoms with Crippen molar-refractivity contribution in [3.8, 4) is 11.1 Å². The molecule has 1 heterocycles. The average Bonchev–Trinajstić information content (AvgIpc) is 2.46. The number of aromatic nitrogens is 1. The van der Waals surface area contributed by atoms with E-state index in [4.69, 9.17) is 5.11 Å². The minimum Gasteiger partial charge on any atom is -0.480 e. The monoisotopic (exact) mass is 256 g/mol. The van der Waals surface area contributed by atoms with Crippen LogP contribution in [0.3, 0.4) is 0 Å². The lowest BCUT2D eigenvalue weighted by atomic mass is 10.0. The molecule has 0 aliphatic rings. The number of hydrogen-bond donors (Lipinski definition) is 2. The molecule has 2 aromatic rings. The lowest BCUT2D eigenvalue weighted by molar-refractivity contribution is -0.139. The Morgan fingerprint density at radius 1 is 1.16 bits per heavy atom. The van der Waals surface area contributed by atoms with Gasteiger partial charge in [0.2, 0.25) is 0 Å². The summed E-state index contributed by atoms with van der Waals surface area (Å²) in [5.74, 6) is -0.833. The van der Waals surface area contributed by atoms with E-state index >= 15 is 0 Å². The van der Waals surface area contributed by atoms with E-state index in [9.17, 15) is 4.79 Å². The minimum absolute atomic E-state index is 0.475. The van der Waals surface area contributed by atoms with Gasteiger partial charge in [0.1, 0.15) is 6.04 Å². The third kappa shape index (κ3) is 3.39. The highest BCUT2D eigenvalue weighted by molar-refractivity contribution is 5.74. The Bertz CT molecular complexity index is 538. The number of likely N-dealkylation sites (N-methyl/N-ethyl adjacent to an activating group) is 1. The molecule has 0 spiro atoms. The molecule has 1 atom stereocenters. The number of carboxylic acid groups (broad SMARTS) is 1. The van der Waals surface area contributed by atoms with E-state index in [0.717, 1.165) is 16.7 Å². The van der Waals surface area contributed by atoms with E-state index in [-0.39, 0.29) is 0 Å². The molecule has 0 saturated carbocycles. The van der Waals surface area contributed by atoms with Gasteiger partial charge in [-0.25, -0.2) is 0 Å². The summed E-state index contributed by atoms with van der Waals surface area (Å²) in [7, 11) is 1.66. The van der Waals surface area contributed by atoms with Gasteiger partial charge in [0.05, 0.1) is 0 Å². The van der Waals surface area contributed by atoms with Crippen molar-refractivity contribution < 1.29 is 9.90 Å². The van der Waals surface area contributed by atoms with Gasteiger partial charge in [0.15, 0.2) is 0 Å². The maximum atomic E-state index is 11.0. The Morgan fingerprint density at radius 3 is 2.26 bits per heavy atom. The molecular formula is C15H16N2O2. The van der Waals surface area contributed by atoms with Crippen LogP contribution in [0.5, 0.6) is 0 Å². The minimum atomic E-state index is -0.833. The molecule has 19 heavy (non-hydrogen) atoms. The quantitative estimate of drug-likeness (QED) is 0.858. The first-order valence-corrected chi connectivity index (χ1v) is 6.10. The van der Waals surface area contributed by atoms with Crippen molar-refractivity contribution >= 4 is 5.97 Å². The highest BCUT2D eigenvalue weighted by atomic mass is 16.4. The zero-order valence-corrected chi connectivity index (χ0v) is 10.7. The molecule has 0 aliphatic heterocycles. The molecule has 4 heteroatoms. The van der Waals surface area contributed by atoms with E-state index in [1.54, 1.807) is 19.4 Å². The summed E-state index contributed by atoms with van der Waals surface area (Å²) in [4.78, 5) is 14.9. The van der Waals surface area contributed by atoms with Crippen LogP contribution in [0.25, 0.3) is 11.1 Å². The van der Waals surface area contributed by atoms with Crippen LogP contribution < -0.4 is 5.32 Å². The second kappa shape index (κ2) is 6.11. The fraction of sp³-hybridized carbons (Fsp3) is 0.200. The topological polar surface area (TPSA) is 62.2 Å². The molecule has 0 bridgehead atoms. The van der Waals surface area contributed by atoms with Crippen LogP contribution >= 0.6 is 0 Å². The summed E-state index contributed by atoms with van der Waals surface area (Å²) < 4.78 is 0. The van der Waals surface area contributed by atoms with Gasteiger partial charge >= 0.3 is 5.97 Å². The maximum absolute atomic E-state index is 11.0. The van der Waals surface area contributed by atoms with Crippen LogP contribution in [0.4, 0.5) is 0 Å². The lowest BCUT2D eigenvalue weighted by Crippen LogP contribution is -2.35. The van der Waals surface area contributed by atoms with Crippen LogP contribution in [-0.2, 0) is 11.2 Å². The first kappa shape index (κ1) is 13.2. The van der Waals surface area contributed by atoms with Gasteiger partial charge in [0, 0.05) is 12.4 Å². The Balaban J connectivity index is 2.13. The number of hydrogen-bond acceptors (Lipinski definition) is 3. The number of nitrogens with zero attached hydrogens (tertiary/aromatic N) is 1. The third-order valence-corrected chi connectivity index (χ3v) is 3.05. The Kier molecular flexibility index (Phi) is 4.26. The first-order chi connectivity index (χ1) is 9.20.